The van der Waals surface area contributed by atoms with Gasteiger partial charge in [0, 0.05) is 25.7 Å². The minimum absolute atomic E-state index is 0.727. The second kappa shape index (κ2) is 6.17. The molecule has 0 saturated carbocycles. The van der Waals surface area contributed by atoms with E-state index in [0.717, 1.165) is 25.7 Å². The standard InChI is InChI=1S/C11H22N2/c1-3-11(10-12-4-2)13-8-6-5-7-9-13/h5-6,11-12H,3-4,7-10H2,1-2H3. The van der Waals surface area contributed by atoms with Crippen LogP contribution in [-0.4, -0.2) is 37.1 Å². The van der Waals surface area contributed by atoms with E-state index in [9.17, 15) is 0 Å². The summed E-state index contributed by atoms with van der Waals surface area (Å²) in [6.07, 6.45) is 7.05. The van der Waals surface area contributed by atoms with Crippen LogP contribution in [0.3, 0.4) is 0 Å². The van der Waals surface area contributed by atoms with Crippen LogP contribution in [0.1, 0.15) is 26.7 Å². The summed E-state index contributed by atoms with van der Waals surface area (Å²) >= 11 is 0. The van der Waals surface area contributed by atoms with Gasteiger partial charge in [0.15, 0.2) is 0 Å². The van der Waals surface area contributed by atoms with Gasteiger partial charge in [-0.3, -0.25) is 4.90 Å². The molecule has 0 aromatic carbocycles. The molecule has 0 spiro atoms. The smallest absolute Gasteiger partial charge is 0.0221 e. The fourth-order valence-corrected chi connectivity index (χ4v) is 1.83. The average Bonchev–Trinajstić information content (AvgIpc) is 2.21. The molecule has 1 aliphatic heterocycles. The zero-order valence-electron chi connectivity index (χ0n) is 8.92. The molecule has 0 aliphatic carbocycles. The third-order valence-corrected chi connectivity index (χ3v) is 2.71. The van der Waals surface area contributed by atoms with E-state index in [-0.39, 0.29) is 0 Å². The molecule has 0 bridgehead atoms. The first-order valence-corrected chi connectivity index (χ1v) is 5.48. The van der Waals surface area contributed by atoms with E-state index in [1.807, 2.05) is 0 Å². The molecule has 0 saturated heterocycles. The van der Waals surface area contributed by atoms with Crippen LogP contribution in [0.25, 0.3) is 0 Å². The van der Waals surface area contributed by atoms with Gasteiger partial charge < -0.3 is 5.32 Å². The van der Waals surface area contributed by atoms with Gasteiger partial charge in [-0.15, -0.1) is 0 Å². The van der Waals surface area contributed by atoms with Crippen molar-refractivity contribution in [3.05, 3.63) is 12.2 Å². The minimum atomic E-state index is 0.727. The topological polar surface area (TPSA) is 15.3 Å². The maximum absolute atomic E-state index is 3.43. The lowest BCUT2D eigenvalue weighted by Gasteiger charge is -2.31. The van der Waals surface area contributed by atoms with Crippen molar-refractivity contribution in [1.82, 2.24) is 10.2 Å². The van der Waals surface area contributed by atoms with Crippen molar-refractivity contribution in [3.63, 3.8) is 0 Å². The lowest BCUT2D eigenvalue weighted by atomic mass is 10.1. The van der Waals surface area contributed by atoms with Crippen molar-refractivity contribution in [2.75, 3.05) is 26.2 Å². The van der Waals surface area contributed by atoms with Gasteiger partial charge in [0.1, 0.15) is 0 Å². The molecule has 76 valence electrons. The first-order chi connectivity index (χ1) is 6.38. The second-order valence-electron chi connectivity index (χ2n) is 3.62. The predicted molar refractivity (Wildman–Crippen MR) is 58.0 cm³/mol. The van der Waals surface area contributed by atoms with E-state index >= 15 is 0 Å². The van der Waals surface area contributed by atoms with E-state index in [4.69, 9.17) is 0 Å². The second-order valence-corrected chi connectivity index (χ2v) is 3.62. The molecule has 2 nitrogen and oxygen atoms in total. The van der Waals surface area contributed by atoms with Gasteiger partial charge in [-0.1, -0.05) is 26.0 Å². The van der Waals surface area contributed by atoms with Gasteiger partial charge in [-0.05, 0) is 19.4 Å². The summed E-state index contributed by atoms with van der Waals surface area (Å²) in [6, 6.07) is 0.727. The van der Waals surface area contributed by atoms with Crippen LogP contribution in [0.5, 0.6) is 0 Å². The number of nitrogens with one attached hydrogen (secondary N) is 1. The van der Waals surface area contributed by atoms with Crippen molar-refractivity contribution in [1.29, 1.82) is 0 Å². The predicted octanol–water partition coefficient (Wildman–Crippen LogP) is 1.64. The molecule has 1 N–H and O–H groups in total. The van der Waals surface area contributed by atoms with Crippen LogP contribution in [0.4, 0.5) is 0 Å². The monoisotopic (exact) mass is 182 g/mol. The van der Waals surface area contributed by atoms with E-state index in [1.54, 1.807) is 0 Å². The first-order valence-electron chi connectivity index (χ1n) is 5.48. The molecule has 0 aromatic heterocycles. The molecule has 1 heterocycles. The molecule has 1 aliphatic rings. The van der Waals surface area contributed by atoms with Crippen LogP contribution in [0.15, 0.2) is 12.2 Å². The maximum Gasteiger partial charge on any atom is 0.0221 e. The highest BCUT2D eigenvalue weighted by molar-refractivity contribution is 4.93. The lowest BCUT2D eigenvalue weighted by Crippen LogP contribution is -2.43. The molecule has 1 unspecified atom stereocenters. The number of nitrogens with zero attached hydrogens (tertiary/aromatic N) is 1. The molecule has 1 rings (SSSR count). The number of hydrogen-bond acceptors (Lipinski definition) is 2. The highest BCUT2D eigenvalue weighted by atomic mass is 15.2. The summed E-state index contributed by atoms with van der Waals surface area (Å²) in [6.45, 7) is 9.05. The highest BCUT2D eigenvalue weighted by Gasteiger charge is 2.15. The van der Waals surface area contributed by atoms with Crippen LogP contribution in [-0.2, 0) is 0 Å². The van der Waals surface area contributed by atoms with Gasteiger partial charge in [0.05, 0.1) is 0 Å². The van der Waals surface area contributed by atoms with Crippen molar-refractivity contribution in [2.45, 2.75) is 32.7 Å². The molecular formula is C11H22N2. The Labute approximate surface area is 82.0 Å². The zero-order chi connectivity index (χ0) is 9.52. The fourth-order valence-electron chi connectivity index (χ4n) is 1.83. The Morgan fingerprint density at radius 2 is 2.23 bits per heavy atom. The van der Waals surface area contributed by atoms with Crippen LogP contribution in [0.2, 0.25) is 0 Å². The summed E-state index contributed by atoms with van der Waals surface area (Å²) in [5, 5.41) is 3.43. The number of hydrogen-bond donors (Lipinski definition) is 1. The van der Waals surface area contributed by atoms with Gasteiger partial charge in [0.25, 0.3) is 0 Å². The van der Waals surface area contributed by atoms with Crippen molar-refractivity contribution in [2.24, 2.45) is 0 Å². The Balaban J connectivity index is 2.31. The molecule has 1 atom stereocenters. The van der Waals surface area contributed by atoms with E-state index in [1.165, 1.54) is 19.4 Å². The Hall–Kier alpha value is -0.340. The molecule has 13 heavy (non-hydrogen) atoms. The maximum atomic E-state index is 3.43. The summed E-state index contributed by atoms with van der Waals surface area (Å²) in [7, 11) is 0. The van der Waals surface area contributed by atoms with E-state index in [2.05, 4.69) is 36.2 Å². The van der Waals surface area contributed by atoms with Crippen LogP contribution in [0, 0.1) is 0 Å². The molecule has 2 heteroatoms. The van der Waals surface area contributed by atoms with Crippen LogP contribution >= 0.6 is 0 Å². The van der Waals surface area contributed by atoms with Crippen LogP contribution < -0.4 is 5.32 Å². The van der Waals surface area contributed by atoms with Crippen molar-refractivity contribution < 1.29 is 0 Å². The minimum Gasteiger partial charge on any atom is -0.315 e. The summed E-state index contributed by atoms with van der Waals surface area (Å²) < 4.78 is 0. The Morgan fingerprint density at radius 3 is 2.77 bits per heavy atom. The summed E-state index contributed by atoms with van der Waals surface area (Å²) in [5.41, 5.74) is 0. The van der Waals surface area contributed by atoms with Crippen molar-refractivity contribution in [3.8, 4) is 0 Å². The van der Waals surface area contributed by atoms with Crippen molar-refractivity contribution >= 4 is 0 Å². The number of likely N-dealkylation sites (N-methyl/N-ethyl adjacent to an activating group) is 1. The molecule has 0 fully saturated rings. The van der Waals surface area contributed by atoms with Gasteiger partial charge in [-0.25, -0.2) is 0 Å². The molecule has 0 radical (unpaired) electrons. The third-order valence-electron chi connectivity index (χ3n) is 2.71. The quantitative estimate of drug-likeness (QED) is 0.650. The zero-order valence-corrected chi connectivity index (χ0v) is 8.92. The number of rotatable bonds is 5. The summed E-state index contributed by atoms with van der Waals surface area (Å²) in [5.74, 6) is 0. The Bertz CT molecular complexity index is 154. The van der Waals surface area contributed by atoms with Gasteiger partial charge in [0.2, 0.25) is 0 Å². The SMILES string of the molecule is CCNCC(CC)N1CC=CCC1. The van der Waals surface area contributed by atoms with E-state index < -0.39 is 0 Å². The highest BCUT2D eigenvalue weighted by Crippen LogP contribution is 2.08. The molecule has 0 aromatic rings. The Kier molecular flexibility index (Phi) is 5.09. The summed E-state index contributed by atoms with van der Waals surface area (Å²) in [4.78, 5) is 2.57. The normalized spacial score (nSPS) is 20.5. The largest absolute Gasteiger partial charge is 0.315 e. The molecular weight excluding hydrogens is 160 g/mol. The van der Waals surface area contributed by atoms with Gasteiger partial charge >= 0.3 is 0 Å². The van der Waals surface area contributed by atoms with Gasteiger partial charge in [-0.2, -0.15) is 0 Å². The molecule has 0 amide bonds. The fraction of sp³-hybridized carbons (Fsp3) is 0.818. The Morgan fingerprint density at radius 1 is 1.38 bits per heavy atom. The lowest BCUT2D eigenvalue weighted by molar-refractivity contribution is 0.204. The van der Waals surface area contributed by atoms with E-state index in [0.29, 0.717) is 0 Å². The average molecular weight is 182 g/mol. The first kappa shape index (κ1) is 10.7. The third kappa shape index (κ3) is 3.49.